The van der Waals surface area contributed by atoms with Crippen molar-refractivity contribution in [3.8, 4) is 56.9 Å². The lowest BCUT2D eigenvalue weighted by Crippen LogP contribution is -2.06. The summed E-state index contributed by atoms with van der Waals surface area (Å²) in [4.78, 5) is 20.4. The Labute approximate surface area is 322 Å². The highest BCUT2D eigenvalue weighted by molar-refractivity contribution is 6.28. The molecule has 0 aliphatic heterocycles. The summed E-state index contributed by atoms with van der Waals surface area (Å²) < 4.78 is 4.58. The zero-order valence-electron chi connectivity index (χ0n) is 30.2. The second kappa shape index (κ2) is 13.0. The molecule has 0 fully saturated rings. The second-order valence-electron chi connectivity index (χ2n) is 13.9. The molecule has 262 valence electrons. The number of fused-ring (bicyclic) bond motifs is 7. The van der Waals surface area contributed by atoms with Crippen LogP contribution in [0.1, 0.15) is 0 Å². The molecule has 0 amide bonds. The predicted molar refractivity (Wildman–Crippen MR) is 228 cm³/mol. The van der Waals surface area contributed by atoms with E-state index >= 15 is 0 Å². The molecule has 7 aromatic carbocycles. The Bertz CT molecular complexity index is 3180. The lowest BCUT2D eigenvalue weighted by molar-refractivity contribution is 0.953. The maximum absolute atomic E-state index is 5.16. The zero-order valence-corrected chi connectivity index (χ0v) is 30.2. The number of para-hydroxylation sites is 2. The molecule has 4 heterocycles. The maximum atomic E-state index is 5.16. The zero-order chi connectivity index (χ0) is 37.0. The van der Waals surface area contributed by atoms with E-state index in [1.54, 1.807) is 0 Å². The highest BCUT2D eigenvalue weighted by atomic mass is 15.2. The fourth-order valence-electron chi connectivity index (χ4n) is 8.08. The summed E-state index contributed by atoms with van der Waals surface area (Å²) in [6, 6.07) is 67.3. The summed E-state index contributed by atoms with van der Waals surface area (Å²) in [6.07, 6.45) is 0. The van der Waals surface area contributed by atoms with Gasteiger partial charge in [0.15, 0.2) is 11.6 Å². The third-order valence-corrected chi connectivity index (χ3v) is 10.6. The van der Waals surface area contributed by atoms with E-state index in [-0.39, 0.29) is 0 Å². The van der Waals surface area contributed by atoms with Crippen LogP contribution in [0.15, 0.2) is 194 Å². The summed E-state index contributed by atoms with van der Waals surface area (Å²) >= 11 is 0. The minimum absolute atomic E-state index is 0.574. The van der Waals surface area contributed by atoms with Crippen LogP contribution in [0.25, 0.3) is 101 Å². The van der Waals surface area contributed by atoms with Gasteiger partial charge in [0.1, 0.15) is 0 Å². The molecule has 4 aromatic heterocycles. The van der Waals surface area contributed by atoms with Crippen LogP contribution >= 0.6 is 0 Å². The van der Waals surface area contributed by atoms with Crippen molar-refractivity contribution >= 4 is 43.6 Å². The van der Waals surface area contributed by atoms with Gasteiger partial charge in [-0.1, -0.05) is 146 Å². The molecule has 0 aliphatic rings. The third kappa shape index (κ3) is 5.19. The summed E-state index contributed by atoms with van der Waals surface area (Å²) in [5, 5.41) is 4.65. The SMILES string of the molecule is c1ccc(-c2cccc(-c3cccc(-n4c5ccccc5c5c6c7ccccc7n(-c7nc(-c8ccccc8)nc(-c8ccccc8)n7)c6ccc54)c3)n2)cc1. The van der Waals surface area contributed by atoms with Gasteiger partial charge in [0.25, 0.3) is 0 Å². The van der Waals surface area contributed by atoms with Crippen molar-refractivity contribution in [3.63, 3.8) is 0 Å². The van der Waals surface area contributed by atoms with Gasteiger partial charge in [-0.15, -0.1) is 0 Å². The Morgan fingerprint density at radius 2 is 0.768 bits per heavy atom. The van der Waals surface area contributed by atoms with Crippen molar-refractivity contribution < 1.29 is 0 Å². The highest BCUT2D eigenvalue weighted by Crippen LogP contribution is 2.42. The van der Waals surface area contributed by atoms with Crippen LogP contribution < -0.4 is 0 Å². The van der Waals surface area contributed by atoms with E-state index in [0.29, 0.717) is 17.6 Å². The van der Waals surface area contributed by atoms with Crippen molar-refractivity contribution in [2.45, 2.75) is 0 Å². The molecule has 6 nitrogen and oxygen atoms in total. The molecule has 56 heavy (non-hydrogen) atoms. The minimum Gasteiger partial charge on any atom is -0.309 e. The minimum atomic E-state index is 0.574. The van der Waals surface area contributed by atoms with Crippen LogP contribution in [-0.2, 0) is 0 Å². The molecule has 0 atom stereocenters. The molecule has 0 N–H and O–H groups in total. The lowest BCUT2D eigenvalue weighted by Gasteiger charge is -2.12. The van der Waals surface area contributed by atoms with E-state index in [9.17, 15) is 0 Å². The fourth-order valence-corrected chi connectivity index (χ4v) is 8.08. The van der Waals surface area contributed by atoms with Crippen molar-refractivity contribution in [1.82, 2.24) is 29.1 Å². The molecular formula is C50H32N6. The van der Waals surface area contributed by atoms with Crippen LogP contribution in [0.4, 0.5) is 0 Å². The molecule has 11 aromatic rings. The second-order valence-corrected chi connectivity index (χ2v) is 13.9. The summed E-state index contributed by atoms with van der Waals surface area (Å²) in [5.41, 5.74) is 11.3. The van der Waals surface area contributed by atoms with E-state index in [4.69, 9.17) is 19.9 Å². The van der Waals surface area contributed by atoms with Gasteiger partial charge in [0.05, 0.1) is 33.5 Å². The van der Waals surface area contributed by atoms with E-state index in [2.05, 4.69) is 137 Å². The van der Waals surface area contributed by atoms with Crippen molar-refractivity contribution in [2.75, 3.05) is 0 Å². The molecule has 0 bridgehead atoms. The van der Waals surface area contributed by atoms with Crippen LogP contribution in [0, 0.1) is 0 Å². The first-order valence-corrected chi connectivity index (χ1v) is 18.7. The van der Waals surface area contributed by atoms with Gasteiger partial charge in [-0.25, -0.2) is 9.97 Å². The molecule has 0 saturated heterocycles. The Hall–Kier alpha value is -7.70. The van der Waals surface area contributed by atoms with E-state index < -0.39 is 0 Å². The average Bonchev–Trinajstić information content (AvgIpc) is 3.80. The maximum Gasteiger partial charge on any atom is 0.238 e. The first kappa shape index (κ1) is 31.8. The monoisotopic (exact) mass is 716 g/mol. The number of pyridine rings is 1. The molecule has 11 rings (SSSR count). The summed E-state index contributed by atoms with van der Waals surface area (Å²) in [7, 11) is 0. The quantitative estimate of drug-likeness (QED) is 0.172. The summed E-state index contributed by atoms with van der Waals surface area (Å²) in [6.45, 7) is 0. The Morgan fingerprint density at radius 3 is 1.38 bits per heavy atom. The molecule has 0 unspecified atom stereocenters. The Kier molecular flexibility index (Phi) is 7.38. The van der Waals surface area contributed by atoms with E-state index in [0.717, 1.165) is 72.2 Å². The van der Waals surface area contributed by atoms with Crippen LogP contribution in [-0.4, -0.2) is 29.1 Å². The number of hydrogen-bond donors (Lipinski definition) is 0. The fraction of sp³-hybridized carbons (Fsp3) is 0. The molecule has 0 spiro atoms. The number of nitrogens with zero attached hydrogens (tertiary/aromatic N) is 6. The van der Waals surface area contributed by atoms with Crippen LogP contribution in [0.3, 0.4) is 0 Å². The van der Waals surface area contributed by atoms with Gasteiger partial charge in [-0.2, -0.15) is 9.97 Å². The van der Waals surface area contributed by atoms with Crippen LogP contribution in [0.5, 0.6) is 0 Å². The molecule has 6 heteroatoms. The van der Waals surface area contributed by atoms with Gasteiger partial charge < -0.3 is 4.57 Å². The van der Waals surface area contributed by atoms with Gasteiger partial charge in [0.2, 0.25) is 5.95 Å². The number of hydrogen-bond acceptors (Lipinski definition) is 4. The molecule has 0 aliphatic carbocycles. The summed E-state index contributed by atoms with van der Waals surface area (Å²) in [5.74, 6) is 1.83. The Balaban J connectivity index is 1.15. The highest BCUT2D eigenvalue weighted by Gasteiger charge is 2.22. The molecule has 0 radical (unpaired) electrons. The first-order valence-electron chi connectivity index (χ1n) is 18.7. The standard InChI is InChI=1S/C50H32N6/c1-4-16-33(17-5-1)40-26-15-27-41(51-40)36-22-14-23-37(32-36)55-42-28-12-10-24-38(42)46-44(55)30-31-45-47(46)39-25-11-13-29-43(39)56(45)50-53-48(34-18-6-2-7-19-34)52-49(54-50)35-20-8-3-9-21-35/h1-32H. The number of aromatic nitrogens is 6. The number of rotatable bonds is 6. The molecule has 0 saturated carbocycles. The van der Waals surface area contributed by atoms with Crippen molar-refractivity contribution in [1.29, 1.82) is 0 Å². The molecular weight excluding hydrogens is 685 g/mol. The van der Waals surface area contributed by atoms with Crippen molar-refractivity contribution in [3.05, 3.63) is 194 Å². The third-order valence-electron chi connectivity index (χ3n) is 10.6. The van der Waals surface area contributed by atoms with Crippen molar-refractivity contribution in [2.24, 2.45) is 0 Å². The largest absolute Gasteiger partial charge is 0.309 e. The number of benzene rings is 7. The lowest BCUT2D eigenvalue weighted by atomic mass is 10.1. The Morgan fingerprint density at radius 1 is 0.304 bits per heavy atom. The topological polar surface area (TPSA) is 61.4 Å². The van der Waals surface area contributed by atoms with Crippen LogP contribution in [0.2, 0.25) is 0 Å². The van der Waals surface area contributed by atoms with E-state index in [1.807, 2.05) is 66.7 Å². The normalized spacial score (nSPS) is 11.6. The predicted octanol–water partition coefficient (Wildman–Crippen LogP) is 12.1. The van der Waals surface area contributed by atoms with Gasteiger partial charge >= 0.3 is 0 Å². The average molecular weight is 717 g/mol. The van der Waals surface area contributed by atoms with Gasteiger partial charge in [0, 0.05) is 49.5 Å². The van der Waals surface area contributed by atoms with Gasteiger partial charge in [-0.3, -0.25) is 4.57 Å². The first-order chi connectivity index (χ1) is 27.8. The van der Waals surface area contributed by atoms with Gasteiger partial charge in [-0.05, 0) is 48.5 Å². The smallest absolute Gasteiger partial charge is 0.238 e. The van der Waals surface area contributed by atoms with E-state index in [1.165, 1.54) is 10.8 Å².